The average molecular weight is 309 g/mol. The zero-order valence-corrected chi connectivity index (χ0v) is 13.7. The fourth-order valence-electron chi connectivity index (χ4n) is 2.40. The van der Waals surface area contributed by atoms with Crippen molar-refractivity contribution in [3.63, 3.8) is 0 Å². The van der Waals surface area contributed by atoms with Crippen molar-refractivity contribution in [1.29, 1.82) is 0 Å². The molecule has 0 amide bonds. The third-order valence-electron chi connectivity index (χ3n) is 3.68. The van der Waals surface area contributed by atoms with Gasteiger partial charge >= 0.3 is 0 Å². The largest absolute Gasteiger partial charge is 0.302 e. The quantitative estimate of drug-likeness (QED) is 0.647. The Kier molecular flexibility index (Phi) is 4.59. The molecule has 0 bridgehead atoms. The monoisotopic (exact) mass is 309 g/mol. The number of aromatic nitrogens is 3. The second kappa shape index (κ2) is 6.79. The van der Waals surface area contributed by atoms with E-state index in [0.29, 0.717) is 0 Å². The van der Waals surface area contributed by atoms with Crippen molar-refractivity contribution < 1.29 is 0 Å². The van der Waals surface area contributed by atoms with Crippen LogP contribution in [0.2, 0.25) is 0 Å². The van der Waals surface area contributed by atoms with Crippen molar-refractivity contribution in [3.05, 3.63) is 65.7 Å². The Morgan fingerprint density at radius 2 is 1.68 bits per heavy atom. The number of thioether (sulfide) groups is 1. The summed E-state index contributed by atoms with van der Waals surface area (Å²) in [6.07, 6.45) is 0. The van der Waals surface area contributed by atoms with Crippen LogP contribution in [0.25, 0.3) is 11.4 Å². The van der Waals surface area contributed by atoms with Gasteiger partial charge in [-0.15, -0.1) is 10.2 Å². The molecule has 0 atom stereocenters. The summed E-state index contributed by atoms with van der Waals surface area (Å²) in [6, 6.07) is 18.7. The molecule has 3 nitrogen and oxygen atoms in total. The minimum absolute atomic E-state index is 0.868. The zero-order valence-electron chi connectivity index (χ0n) is 12.9. The molecule has 0 aliphatic heterocycles. The maximum atomic E-state index is 4.38. The van der Waals surface area contributed by atoms with Gasteiger partial charge in [-0.1, -0.05) is 66.4 Å². The van der Waals surface area contributed by atoms with Gasteiger partial charge in [0.2, 0.25) is 0 Å². The summed E-state index contributed by atoms with van der Waals surface area (Å²) in [4.78, 5) is 0. The van der Waals surface area contributed by atoms with E-state index in [-0.39, 0.29) is 0 Å². The lowest BCUT2D eigenvalue weighted by atomic mass is 10.1. The van der Waals surface area contributed by atoms with Crippen LogP contribution in [0.15, 0.2) is 59.8 Å². The first-order chi connectivity index (χ1) is 10.8. The van der Waals surface area contributed by atoms with Crippen molar-refractivity contribution in [2.24, 2.45) is 0 Å². The summed E-state index contributed by atoms with van der Waals surface area (Å²) < 4.78 is 2.18. The molecule has 22 heavy (non-hydrogen) atoms. The predicted molar refractivity (Wildman–Crippen MR) is 91.9 cm³/mol. The Bertz CT molecular complexity index is 750. The van der Waals surface area contributed by atoms with Gasteiger partial charge in [0.25, 0.3) is 0 Å². The first-order valence-corrected chi connectivity index (χ1v) is 8.44. The van der Waals surface area contributed by atoms with Crippen LogP contribution in [0.4, 0.5) is 0 Å². The molecule has 4 heteroatoms. The van der Waals surface area contributed by atoms with Gasteiger partial charge in [-0.25, -0.2) is 0 Å². The number of nitrogens with zero attached hydrogens (tertiary/aromatic N) is 3. The van der Waals surface area contributed by atoms with E-state index in [1.807, 2.05) is 18.2 Å². The smallest absolute Gasteiger partial charge is 0.191 e. The summed E-state index contributed by atoms with van der Waals surface area (Å²) in [5.41, 5.74) is 3.78. The second-order valence-corrected chi connectivity index (χ2v) is 6.07. The Morgan fingerprint density at radius 3 is 2.41 bits per heavy atom. The second-order valence-electron chi connectivity index (χ2n) is 5.13. The standard InChI is InChI=1S/C18H19N3S/c1-3-21-17(15-10-5-4-6-11-15)19-20-18(21)22-13-16-12-8-7-9-14(16)2/h4-12H,3,13H2,1-2H3. The Balaban J connectivity index is 1.83. The minimum atomic E-state index is 0.868. The molecule has 0 aliphatic carbocycles. The molecule has 0 spiro atoms. The molecule has 112 valence electrons. The van der Waals surface area contributed by atoms with Crippen LogP contribution in [0, 0.1) is 6.92 Å². The van der Waals surface area contributed by atoms with Crippen molar-refractivity contribution in [2.75, 3.05) is 0 Å². The molecule has 0 radical (unpaired) electrons. The molecule has 0 unspecified atom stereocenters. The first-order valence-electron chi connectivity index (χ1n) is 7.45. The fourth-order valence-corrected chi connectivity index (χ4v) is 3.47. The first kappa shape index (κ1) is 14.9. The van der Waals surface area contributed by atoms with Crippen molar-refractivity contribution >= 4 is 11.8 Å². The Morgan fingerprint density at radius 1 is 0.955 bits per heavy atom. The van der Waals surface area contributed by atoms with Crippen LogP contribution < -0.4 is 0 Å². The predicted octanol–water partition coefficient (Wildman–Crippen LogP) is 4.57. The van der Waals surface area contributed by atoms with Crippen molar-refractivity contribution in [2.45, 2.75) is 31.3 Å². The maximum absolute atomic E-state index is 4.38. The van der Waals surface area contributed by atoms with Crippen LogP contribution in [-0.4, -0.2) is 14.8 Å². The number of hydrogen-bond acceptors (Lipinski definition) is 3. The highest BCUT2D eigenvalue weighted by molar-refractivity contribution is 7.98. The van der Waals surface area contributed by atoms with E-state index in [1.54, 1.807) is 11.8 Å². The van der Waals surface area contributed by atoms with Gasteiger partial charge < -0.3 is 4.57 Å². The SMILES string of the molecule is CCn1c(SCc2ccccc2C)nnc1-c1ccccc1. The molecule has 2 aromatic carbocycles. The number of hydrogen-bond donors (Lipinski definition) is 0. The highest BCUT2D eigenvalue weighted by Gasteiger charge is 2.13. The molecule has 0 fully saturated rings. The number of rotatable bonds is 5. The minimum Gasteiger partial charge on any atom is -0.302 e. The highest BCUT2D eigenvalue weighted by Crippen LogP contribution is 2.27. The van der Waals surface area contributed by atoms with Gasteiger partial charge in [-0.2, -0.15) is 0 Å². The third kappa shape index (κ3) is 3.07. The van der Waals surface area contributed by atoms with Crippen molar-refractivity contribution in [3.8, 4) is 11.4 Å². The van der Waals surface area contributed by atoms with Crippen LogP contribution in [0.3, 0.4) is 0 Å². The molecule has 1 aromatic heterocycles. The Hall–Kier alpha value is -2.07. The van der Waals surface area contributed by atoms with E-state index in [9.17, 15) is 0 Å². The summed E-state index contributed by atoms with van der Waals surface area (Å²) in [5, 5.41) is 9.74. The van der Waals surface area contributed by atoms with E-state index in [0.717, 1.165) is 28.8 Å². The van der Waals surface area contributed by atoms with E-state index in [1.165, 1.54) is 11.1 Å². The maximum Gasteiger partial charge on any atom is 0.191 e. The molecule has 0 aliphatic rings. The van der Waals surface area contributed by atoms with Crippen molar-refractivity contribution in [1.82, 2.24) is 14.8 Å². The zero-order chi connectivity index (χ0) is 15.4. The van der Waals surface area contributed by atoms with E-state index < -0.39 is 0 Å². The Labute approximate surface area is 135 Å². The van der Waals surface area contributed by atoms with E-state index >= 15 is 0 Å². The van der Waals surface area contributed by atoms with E-state index in [2.05, 4.69) is 65.0 Å². The normalized spacial score (nSPS) is 10.8. The molecular formula is C18H19N3S. The van der Waals surface area contributed by atoms with E-state index in [4.69, 9.17) is 0 Å². The number of aryl methyl sites for hydroxylation is 1. The molecule has 0 saturated heterocycles. The summed E-state index contributed by atoms with van der Waals surface area (Å²) in [6.45, 7) is 5.15. The van der Waals surface area contributed by atoms with Crippen LogP contribution in [0.5, 0.6) is 0 Å². The molecule has 0 saturated carbocycles. The summed E-state index contributed by atoms with van der Waals surface area (Å²) in [5.74, 6) is 1.86. The van der Waals surface area contributed by atoms with Gasteiger partial charge in [-0.05, 0) is 25.0 Å². The van der Waals surface area contributed by atoms with Crippen LogP contribution in [-0.2, 0) is 12.3 Å². The van der Waals surface area contributed by atoms with Gasteiger partial charge in [0, 0.05) is 17.9 Å². The van der Waals surface area contributed by atoms with Gasteiger partial charge in [0.15, 0.2) is 11.0 Å². The third-order valence-corrected chi connectivity index (χ3v) is 4.70. The lowest BCUT2D eigenvalue weighted by molar-refractivity contribution is 0.687. The molecule has 1 heterocycles. The fraction of sp³-hybridized carbons (Fsp3) is 0.222. The van der Waals surface area contributed by atoms with Gasteiger partial charge in [0.1, 0.15) is 0 Å². The van der Waals surface area contributed by atoms with Crippen LogP contribution in [0.1, 0.15) is 18.1 Å². The topological polar surface area (TPSA) is 30.7 Å². The lowest BCUT2D eigenvalue weighted by Crippen LogP contribution is -2.00. The lowest BCUT2D eigenvalue weighted by Gasteiger charge is -2.08. The molecule has 3 aromatic rings. The molecular weight excluding hydrogens is 290 g/mol. The number of benzene rings is 2. The highest BCUT2D eigenvalue weighted by atomic mass is 32.2. The van der Waals surface area contributed by atoms with Crippen LogP contribution >= 0.6 is 11.8 Å². The van der Waals surface area contributed by atoms with Gasteiger partial charge in [-0.3, -0.25) is 0 Å². The summed E-state index contributed by atoms with van der Waals surface area (Å²) >= 11 is 1.74. The molecule has 0 N–H and O–H groups in total. The van der Waals surface area contributed by atoms with Gasteiger partial charge in [0.05, 0.1) is 0 Å². The summed E-state index contributed by atoms with van der Waals surface area (Å²) in [7, 11) is 0. The average Bonchev–Trinajstić information content (AvgIpc) is 2.98. The molecule has 3 rings (SSSR count).